The Balaban J connectivity index is 1.40. The van der Waals surface area contributed by atoms with E-state index in [2.05, 4.69) is 21.9 Å². The molecule has 5 rings (SSSR count). The third-order valence-electron chi connectivity index (χ3n) is 6.58. The highest BCUT2D eigenvalue weighted by Gasteiger charge is 2.27. The van der Waals surface area contributed by atoms with Crippen molar-refractivity contribution in [3.05, 3.63) is 77.9 Å². The number of nitrogens with zero attached hydrogens (tertiary/aromatic N) is 4. The monoisotopic (exact) mass is 520 g/mol. The molecule has 0 unspecified atom stereocenters. The van der Waals surface area contributed by atoms with Gasteiger partial charge in [0.1, 0.15) is 36.0 Å². The molecule has 1 aliphatic rings. The quantitative estimate of drug-likeness (QED) is 0.323. The van der Waals surface area contributed by atoms with Gasteiger partial charge in [0.25, 0.3) is 0 Å². The summed E-state index contributed by atoms with van der Waals surface area (Å²) in [5.41, 5.74) is 9.01. The number of anilines is 1. The average molecular weight is 521 g/mol. The van der Waals surface area contributed by atoms with Crippen molar-refractivity contribution in [1.29, 1.82) is 0 Å². The molecule has 190 valence electrons. The molecule has 0 atom stereocenters. The molecule has 3 N–H and O–H groups in total. The normalized spacial score (nSPS) is 17.5. The molecule has 0 radical (unpaired) electrons. The number of carbonyl (C=O) groups is 1. The summed E-state index contributed by atoms with van der Waals surface area (Å²) in [7, 11) is 0. The molecule has 1 fully saturated rings. The van der Waals surface area contributed by atoms with Crippen molar-refractivity contribution in [3.8, 4) is 17.0 Å². The zero-order chi connectivity index (χ0) is 25.9. The lowest BCUT2D eigenvalue weighted by atomic mass is 9.91. The van der Waals surface area contributed by atoms with E-state index in [1.807, 2.05) is 10.7 Å². The number of hydrogen-bond donors (Lipinski definition) is 2. The van der Waals surface area contributed by atoms with Crippen LogP contribution < -0.4 is 15.8 Å². The number of aromatic nitrogens is 4. The minimum atomic E-state index is -0.320. The number of rotatable bonds is 7. The van der Waals surface area contributed by atoms with E-state index in [0.717, 1.165) is 31.2 Å². The lowest BCUT2D eigenvalue weighted by Gasteiger charge is -2.29. The molecule has 8 nitrogen and oxygen atoms in total. The van der Waals surface area contributed by atoms with Crippen molar-refractivity contribution in [2.45, 2.75) is 44.4 Å². The van der Waals surface area contributed by atoms with Crippen molar-refractivity contribution < 1.29 is 13.9 Å². The second kappa shape index (κ2) is 10.6. The van der Waals surface area contributed by atoms with Gasteiger partial charge in [0.05, 0.1) is 16.5 Å². The molecule has 0 aliphatic heterocycles. The molecule has 1 amide bonds. The van der Waals surface area contributed by atoms with Gasteiger partial charge in [0.15, 0.2) is 5.65 Å². The fourth-order valence-electron chi connectivity index (χ4n) is 4.73. The molecule has 0 saturated heterocycles. The average Bonchev–Trinajstić information content (AvgIpc) is 3.29. The van der Waals surface area contributed by atoms with Crippen LogP contribution >= 0.6 is 11.6 Å². The Morgan fingerprint density at radius 1 is 1.22 bits per heavy atom. The van der Waals surface area contributed by atoms with E-state index in [-0.39, 0.29) is 30.4 Å². The maximum absolute atomic E-state index is 13.5. The Morgan fingerprint density at radius 3 is 2.76 bits per heavy atom. The summed E-state index contributed by atoms with van der Waals surface area (Å²) < 4.78 is 21.2. The Bertz CT molecular complexity index is 1460. The molecule has 0 spiro atoms. The molecule has 1 saturated carbocycles. The summed E-state index contributed by atoms with van der Waals surface area (Å²) >= 11 is 6.56. The fourth-order valence-corrected chi connectivity index (χ4v) is 4.97. The first kappa shape index (κ1) is 24.7. The van der Waals surface area contributed by atoms with E-state index in [4.69, 9.17) is 27.2 Å². The second-order valence-corrected chi connectivity index (χ2v) is 9.44. The molecule has 4 aromatic rings. The van der Waals surface area contributed by atoms with Crippen LogP contribution in [0.3, 0.4) is 0 Å². The van der Waals surface area contributed by atoms with E-state index in [9.17, 15) is 9.18 Å². The molecule has 37 heavy (non-hydrogen) atoms. The Morgan fingerprint density at radius 2 is 2.03 bits per heavy atom. The number of amides is 1. The highest BCUT2D eigenvalue weighted by Crippen LogP contribution is 2.38. The van der Waals surface area contributed by atoms with Crippen LogP contribution in [0.5, 0.6) is 5.75 Å². The number of nitrogen functional groups attached to an aromatic ring is 1. The van der Waals surface area contributed by atoms with Gasteiger partial charge in [-0.2, -0.15) is 5.10 Å². The van der Waals surface area contributed by atoms with Gasteiger partial charge in [-0.1, -0.05) is 30.3 Å². The smallest absolute Gasteiger partial charge is 0.243 e. The topological polar surface area (TPSA) is 108 Å². The predicted molar refractivity (Wildman–Crippen MR) is 141 cm³/mol. The van der Waals surface area contributed by atoms with Crippen LogP contribution in [-0.2, 0) is 11.4 Å². The van der Waals surface area contributed by atoms with Gasteiger partial charge in [-0.25, -0.2) is 19.0 Å². The summed E-state index contributed by atoms with van der Waals surface area (Å²) in [6.45, 7) is 3.70. The number of nitrogens with two attached hydrogens (primary N) is 1. The summed E-state index contributed by atoms with van der Waals surface area (Å²) in [4.78, 5) is 20.3. The van der Waals surface area contributed by atoms with Crippen molar-refractivity contribution >= 4 is 34.4 Å². The Hall–Kier alpha value is -3.98. The van der Waals surface area contributed by atoms with Gasteiger partial charge < -0.3 is 15.8 Å². The van der Waals surface area contributed by atoms with Gasteiger partial charge >= 0.3 is 0 Å². The third-order valence-corrected chi connectivity index (χ3v) is 6.88. The van der Waals surface area contributed by atoms with Crippen LogP contribution in [0, 0.1) is 5.82 Å². The molecule has 0 bridgehead atoms. The molecule has 2 heterocycles. The van der Waals surface area contributed by atoms with Crippen molar-refractivity contribution in [2.75, 3.05) is 5.73 Å². The van der Waals surface area contributed by atoms with E-state index in [1.165, 1.54) is 24.5 Å². The summed E-state index contributed by atoms with van der Waals surface area (Å²) in [6.07, 6.45) is 6.04. The van der Waals surface area contributed by atoms with Crippen LogP contribution in [0.4, 0.5) is 10.2 Å². The number of nitrogens with one attached hydrogen (secondary N) is 1. The Labute approximate surface area is 218 Å². The van der Waals surface area contributed by atoms with Crippen LogP contribution in [0.15, 0.2) is 61.4 Å². The molecule has 2 aromatic carbocycles. The Kier molecular flexibility index (Phi) is 7.05. The maximum atomic E-state index is 13.5. The first-order chi connectivity index (χ1) is 17.9. The van der Waals surface area contributed by atoms with E-state index >= 15 is 0 Å². The zero-order valence-electron chi connectivity index (χ0n) is 20.0. The minimum Gasteiger partial charge on any atom is -0.487 e. The number of carbonyl (C=O) groups excluding carboxylic acids is 1. The van der Waals surface area contributed by atoms with Crippen LogP contribution in [0.1, 0.15) is 37.3 Å². The third kappa shape index (κ3) is 5.27. The number of benzene rings is 2. The highest BCUT2D eigenvalue weighted by molar-refractivity contribution is 6.32. The number of ether oxygens (including phenoxy) is 1. The van der Waals surface area contributed by atoms with Crippen LogP contribution in [0.2, 0.25) is 5.02 Å². The van der Waals surface area contributed by atoms with E-state index in [0.29, 0.717) is 38.9 Å². The first-order valence-electron chi connectivity index (χ1n) is 12.0. The van der Waals surface area contributed by atoms with Gasteiger partial charge in [-0.05, 0) is 67.7 Å². The largest absolute Gasteiger partial charge is 0.487 e. The zero-order valence-corrected chi connectivity index (χ0v) is 20.8. The standard InChI is InChI=1S/C27H26ClFN6O2/c1-2-23(36)33-19-7-9-20(10-8-19)35-27-24(26(30)31-15-32-27)25(34-35)17-6-11-22(21(28)13-17)37-14-16-4-3-5-18(29)12-16/h2-6,11-13,15,19-20H,1,7-10,14H2,(H,33,36)(H2,30,31,32). The van der Waals surface area contributed by atoms with Crippen molar-refractivity contribution in [2.24, 2.45) is 0 Å². The van der Waals surface area contributed by atoms with E-state index < -0.39 is 0 Å². The van der Waals surface area contributed by atoms with Gasteiger partial charge in [-0.15, -0.1) is 0 Å². The lowest BCUT2D eigenvalue weighted by Crippen LogP contribution is -2.37. The van der Waals surface area contributed by atoms with Gasteiger partial charge in [0.2, 0.25) is 5.91 Å². The van der Waals surface area contributed by atoms with Gasteiger partial charge in [0, 0.05) is 11.6 Å². The minimum absolute atomic E-state index is 0.103. The first-order valence-corrected chi connectivity index (χ1v) is 12.4. The van der Waals surface area contributed by atoms with E-state index in [1.54, 1.807) is 24.3 Å². The number of hydrogen-bond acceptors (Lipinski definition) is 6. The molecule has 10 heteroatoms. The molecule has 2 aromatic heterocycles. The molecular formula is C27H26ClFN6O2. The van der Waals surface area contributed by atoms with Crippen LogP contribution in [0.25, 0.3) is 22.3 Å². The number of halogens is 2. The second-order valence-electron chi connectivity index (χ2n) is 9.03. The molecular weight excluding hydrogens is 495 g/mol. The fraction of sp³-hybridized carbons (Fsp3) is 0.259. The summed E-state index contributed by atoms with van der Waals surface area (Å²) in [5, 5.41) is 8.94. The van der Waals surface area contributed by atoms with Gasteiger partial charge in [-0.3, -0.25) is 4.79 Å². The lowest BCUT2D eigenvalue weighted by molar-refractivity contribution is -0.117. The van der Waals surface area contributed by atoms with Crippen LogP contribution in [-0.4, -0.2) is 31.7 Å². The highest BCUT2D eigenvalue weighted by atomic mass is 35.5. The van der Waals surface area contributed by atoms with Crippen molar-refractivity contribution in [1.82, 2.24) is 25.1 Å². The summed E-state index contributed by atoms with van der Waals surface area (Å²) in [6, 6.07) is 11.8. The molecule has 1 aliphatic carbocycles. The SMILES string of the molecule is C=CC(=O)NC1CCC(n2nc(-c3ccc(OCc4cccc(F)c4)c(Cl)c3)c3c(N)ncnc32)CC1. The number of fused-ring (bicyclic) bond motifs is 1. The maximum Gasteiger partial charge on any atom is 0.243 e. The predicted octanol–water partition coefficient (Wildman–Crippen LogP) is 5.23. The summed E-state index contributed by atoms with van der Waals surface area (Å²) in [5.74, 6) is 0.333. The van der Waals surface area contributed by atoms with Crippen molar-refractivity contribution in [3.63, 3.8) is 0 Å².